The summed E-state index contributed by atoms with van der Waals surface area (Å²) in [5, 5.41) is 2.56. The molecule has 1 aromatic rings. The van der Waals surface area contributed by atoms with Gasteiger partial charge in [0.25, 0.3) is 10.0 Å². The summed E-state index contributed by atoms with van der Waals surface area (Å²) in [6, 6.07) is 3.79. The molecule has 10 heteroatoms. The van der Waals surface area contributed by atoms with Crippen LogP contribution in [0.1, 0.15) is 33.1 Å². The molecular formula is C18H26N4O5S. The Labute approximate surface area is 164 Å². The fourth-order valence-corrected chi connectivity index (χ4v) is 4.70. The number of primary amides is 1. The summed E-state index contributed by atoms with van der Waals surface area (Å²) in [4.78, 5) is 39.7. The molecule has 0 aliphatic carbocycles. The Bertz CT molecular complexity index is 828. The zero-order valence-electron chi connectivity index (χ0n) is 16.0. The summed E-state index contributed by atoms with van der Waals surface area (Å²) in [7, 11) is -3.90. The van der Waals surface area contributed by atoms with Crippen LogP contribution in [0.4, 0.5) is 0 Å². The minimum absolute atomic E-state index is 0.0665. The molecular weight excluding hydrogens is 384 g/mol. The number of aromatic nitrogens is 1. The van der Waals surface area contributed by atoms with Gasteiger partial charge in [0.2, 0.25) is 11.8 Å². The molecule has 1 fully saturated rings. The van der Waals surface area contributed by atoms with E-state index < -0.39 is 22.0 Å². The summed E-state index contributed by atoms with van der Waals surface area (Å²) in [6.07, 6.45) is 1.87. The maximum Gasteiger partial charge on any atom is 0.260 e. The Morgan fingerprint density at radius 3 is 2.68 bits per heavy atom. The van der Waals surface area contributed by atoms with Gasteiger partial charge in [-0.25, -0.2) is 13.4 Å². The van der Waals surface area contributed by atoms with Gasteiger partial charge in [0.1, 0.15) is 0 Å². The average Bonchev–Trinajstić information content (AvgIpc) is 2.73. The maximum atomic E-state index is 12.8. The number of nitrogens with two attached hydrogens (primary N) is 1. The Balaban J connectivity index is 2.07. The predicted molar refractivity (Wildman–Crippen MR) is 101 cm³/mol. The van der Waals surface area contributed by atoms with Crippen LogP contribution in [-0.2, 0) is 24.4 Å². The van der Waals surface area contributed by atoms with Gasteiger partial charge < -0.3 is 11.1 Å². The van der Waals surface area contributed by atoms with Gasteiger partial charge in [-0.15, -0.1) is 0 Å². The number of nitrogens with one attached hydrogen (secondary N) is 1. The average molecular weight is 410 g/mol. The van der Waals surface area contributed by atoms with Crippen LogP contribution < -0.4 is 11.1 Å². The third kappa shape index (κ3) is 5.83. The van der Waals surface area contributed by atoms with E-state index in [1.165, 1.54) is 12.3 Å². The van der Waals surface area contributed by atoms with Crippen molar-refractivity contribution in [1.82, 2.24) is 14.6 Å². The lowest BCUT2D eigenvalue weighted by molar-refractivity contribution is -0.128. The summed E-state index contributed by atoms with van der Waals surface area (Å²) >= 11 is 0. The summed E-state index contributed by atoms with van der Waals surface area (Å²) in [5.74, 6) is -1.61. The first kappa shape index (κ1) is 22.0. The van der Waals surface area contributed by atoms with Crippen molar-refractivity contribution in [2.45, 2.75) is 44.2 Å². The molecule has 154 valence electrons. The standard InChI is InChI=1S/C18H26N4O5S/c1-12(8-16(19)24)9-17(25)21-14-7-13(2)10-22(11-15(14)23)28(26,27)18-5-3-4-6-20-18/h3-6,12-14H,7-11H2,1-2H3,(H2,19,24)(H,21,25)/t12-,13?,14?/m0/s1. The van der Waals surface area contributed by atoms with Gasteiger partial charge in [0, 0.05) is 25.6 Å². The molecule has 2 unspecified atom stereocenters. The van der Waals surface area contributed by atoms with Gasteiger partial charge in [0.15, 0.2) is 10.8 Å². The van der Waals surface area contributed by atoms with Crippen LogP contribution in [0.2, 0.25) is 0 Å². The Hall–Kier alpha value is -2.33. The molecule has 3 atom stereocenters. The quantitative estimate of drug-likeness (QED) is 0.652. The van der Waals surface area contributed by atoms with Crippen molar-refractivity contribution >= 4 is 27.6 Å². The van der Waals surface area contributed by atoms with Crippen LogP contribution >= 0.6 is 0 Å². The Morgan fingerprint density at radius 1 is 1.36 bits per heavy atom. The van der Waals surface area contributed by atoms with Crippen LogP contribution in [0.5, 0.6) is 0 Å². The van der Waals surface area contributed by atoms with Crippen LogP contribution in [0.3, 0.4) is 0 Å². The Morgan fingerprint density at radius 2 is 2.07 bits per heavy atom. The highest BCUT2D eigenvalue weighted by Crippen LogP contribution is 2.21. The third-order valence-electron chi connectivity index (χ3n) is 4.53. The van der Waals surface area contributed by atoms with E-state index in [9.17, 15) is 22.8 Å². The molecule has 2 heterocycles. The zero-order chi connectivity index (χ0) is 20.9. The molecule has 28 heavy (non-hydrogen) atoms. The fourth-order valence-electron chi connectivity index (χ4n) is 3.24. The van der Waals surface area contributed by atoms with E-state index in [2.05, 4.69) is 10.3 Å². The maximum absolute atomic E-state index is 12.8. The normalized spacial score (nSPS) is 22.3. The number of Topliss-reactive ketones (excluding diaryl/α,β-unsaturated/α-hetero) is 1. The topological polar surface area (TPSA) is 140 Å². The van der Waals surface area contributed by atoms with E-state index in [0.717, 1.165) is 4.31 Å². The lowest BCUT2D eigenvalue weighted by Gasteiger charge is -2.20. The molecule has 1 aromatic heterocycles. The van der Waals surface area contributed by atoms with Gasteiger partial charge in [-0.3, -0.25) is 14.4 Å². The molecule has 0 spiro atoms. The molecule has 9 nitrogen and oxygen atoms in total. The SMILES string of the molecule is CC1CC(NC(=O)C[C@@H](C)CC(N)=O)C(=O)CN(S(=O)(=O)c2ccccn2)C1. The molecule has 3 N–H and O–H groups in total. The van der Waals surface area contributed by atoms with Crippen molar-refractivity contribution in [3.8, 4) is 0 Å². The second-order valence-corrected chi connectivity index (χ2v) is 9.26. The van der Waals surface area contributed by atoms with E-state index in [1.54, 1.807) is 19.1 Å². The van der Waals surface area contributed by atoms with Gasteiger partial charge in [-0.2, -0.15) is 4.31 Å². The monoisotopic (exact) mass is 410 g/mol. The largest absolute Gasteiger partial charge is 0.370 e. The van der Waals surface area contributed by atoms with Crippen LogP contribution in [0, 0.1) is 11.8 Å². The van der Waals surface area contributed by atoms with E-state index in [1.807, 2.05) is 6.92 Å². The molecule has 0 aromatic carbocycles. The predicted octanol–water partition coefficient (Wildman–Crippen LogP) is 0.0676. The second kappa shape index (κ2) is 9.24. The molecule has 0 radical (unpaired) electrons. The summed E-state index contributed by atoms with van der Waals surface area (Å²) in [5.41, 5.74) is 5.13. The highest BCUT2D eigenvalue weighted by atomic mass is 32.2. The van der Waals surface area contributed by atoms with Crippen molar-refractivity contribution in [3.63, 3.8) is 0 Å². The van der Waals surface area contributed by atoms with Crippen molar-refractivity contribution in [3.05, 3.63) is 24.4 Å². The van der Waals surface area contributed by atoms with E-state index in [-0.39, 0.29) is 54.5 Å². The molecule has 0 saturated carbocycles. The third-order valence-corrected chi connectivity index (χ3v) is 6.26. The number of rotatable bonds is 7. The number of amides is 2. The van der Waals surface area contributed by atoms with Crippen LogP contribution in [-0.4, -0.2) is 54.4 Å². The van der Waals surface area contributed by atoms with Gasteiger partial charge in [0.05, 0.1) is 12.6 Å². The molecule has 0 bridgehead atoms. The van der Waals surface area contributed by atoms with Crippen molar-refractivity contribution in [2.75, 3.05) is 13.1 Å². The lowest BCUT2D eigenvalue weighted by Crippen LogP contribution is -2.44. The number of nitrogens with zero attached hydrogens (tertiary/aromatic N) is 2. The molecule has 1 aliphatic rings. The van der Waals surface area contributed by atoms with Crippen LogP contribution in [0.15, 0.2) is 29.4 Å². The summed E-state index contributed by atoms with van der Waals surface area (Å²) < 4.78 is 26.7. The minimum Gasteiger partial charge on any atom is -0.370 e. The first-order valence-electron chi connectivity index (χ1n) is 9.11. The van der Waals surface area contributed by atoms with E-state index in [4.69, 9.17) is 5.73 Å². The second-order valence-electron chi connectivity index (χ2n) is 7.37. The van der Waals surface area contributed by atoms with Crippen molar-refractivity contribution in [2.24, 2.45) is 17.6 Å². The highest BCUT2D eigenvalue weighted by molar-refractivity contribution is 7.89. The van der Waals surface area contributed by atoms with Crippen LogP contribution in [0.25, 0.3) is 0 Å². The molecule has 2 rings (SSSR count). The summed E-state index contributed by atoms with van der Waals surface area (Å²) in [6.45, 7) is 3.39. The van der Waals surface area contributed by atoms with Gasteiger partial charge >= 0.3 is 0 Å². The number of hydrogen-bond donors (Lipinski definition) is 2. The minimum atomic E-state index is -3.90. The Kier molecular flexibility index (Phi) is 7.25. The number of carbonyl (C=O) groups is 3. The van der Waals surface area contributed by atoms with E-state index >= 15 is 0 Å². The van der Waals surface area contributed by atoms with Crippen molar-refractivity contribution < 1.29 is 22.8 Å². The van der Waals surface area contributed by atoms with Crippen molar-refractivity contribution in [1.29, 1.82) is 0 Å². The number of sulfonamides is 1. The zero-order valence-corrected chi connectivity index (χ0v) is 16.8. The first-order chi connectivity index (χ1) is 13.1. The molecule has 1 aliphatic heterocycles. The fraction of sp³-hybridized carbons (Fsp3) is 0.556. The molecule has 2 amide bonds. The lowest BCUT2D eigenvalue weighted by atomic mass is 9.99. The number of hydrogen-bond acceptors (Lipinski definition) is 6. The van der Waals surface area contributed by atoms with Gasteiger partial charge in [-0.05, 0) is 30.4 Å². The smallest absolute Gasteiger partial charge is 0.260 e. The highest BCUT2D eigenvalue weighted by Gasteiger charge is 2.36. The van der Waals surface area contributed by atoms with Gasteiger partial charge in [-0.1, -0.05) is 19.9 Å². The van der Waals surface area contributed by atoms with E-state index in [0.29, 0.717) is 6.42 Å². The molecule has 1 saturated heterocycles. The number of ketones is 1. The number of carbonyl (C=O) groups excluding carboxylic acids is 3. The number of pyridine rings is 1. The first-order valence-corrected chi connectivity index (χ1v) is 10.5.